The van der Waals surface area contributed by atoms with Crippen LogP contribution in [0.5, 0.6) is 0 Å². The molecule has 0 aliphatic heterocycles. The van der Waals surface area contributed by atoms with Crippen LogP contribution in [-0.4, -0.2) is 17.1 Å². The normalized spacial score (nSPS) is 10.1. The first-order chi connectivity index (χ1) is 7.70. The van der Waals surface area contributed by atoms with E-state index in [1.165, 1.54) is 36.5 Å². The summed E-state index contributed by atoms with van der Waals surface area (Å²) in [5.74, 6) is -0.636. The average molecular weight is 217 g/mol. The van der Waals surface area contributed by atoms with Gasteiger partial charge < -0.3 is 4.98 Å². The zero-order chi connectivity index (χ0) is 11.5. The summed E-state index contributed by atoms with van der Waals surface area (Å²) in [5, 5.41) is 0. The van der Waals surface area contributed by atoms with Gasteiger partial charge in [0.2, 0.25) is 0 Å². The van der Waals surface area contributed by atoms with Crippen molar-refractivity contribution in [2.24, 2.45) is 0 Å². The van der Waals surface area contributed by atoms with Crippen LogP contribution in [0.15, 0.2) is 36.5 Å². The molecule has 0 aliphatic rings. The van der Waals surface area contributed by atoms with Gasteiger partial charge in [-0.2, -0.15) is 0 Å². The van der Waals surface area contributed by atoms with Crippen molar-refractivity contribution in [3.63, 3.8) is 0 Å². The number of hydrogen-bond donors (Lipinski definition) is 1. The zero-order valence-electron chi connectivity index (χ0n) is 8.24. The standard InChI is InChI=1S/C12H8FNO2/c13-10-3-1-8(2-4-10)12(16)9-5-11(7-15)14-6-9/h1-7,14H. The Bertz CT molecular complexity index is 528. The van der Waals surface area contributed by atoms with Gasteiger partial charge in [-0.3, -0.25) is 9.59 Å². The molecule has 0 aliphatic carbocycles. The number of rotatable bonds is 3. The minimum Gasteiger partial charge on any atom is -0.358 e. The minimum absolute atomic E-state index is 0.246. The molecule has 0 amide bonds. The Morgan fingerprint density at radius 3 is 2.44 bits per heavy atom. The molecule has 2 aromatic rings. The predicted molar refractivity (Wildman–Crippen MR) is 56.0 cm³/mol. The number of halogens is 1. The fourth-order valence-corrected chi connectivity index (χ4v) is 1.38. The molecule has 1 aromatic heterocycles. The van der Waals surface area contributed by atoms with Crippen molar-refractivity contribution in [1.29, 1.82) is 0 Å². The summed E-state index contributed by atoms with van der Waals surface area (Å²) in [5.41, 5.74) is 1.11. The maximum Gasteiger partial charge on any atom is 0.194 e. The Morgan fingerprint density at radius 1 is 1.19 bits per heavy atom. The largest absolute Gasteiger partial charge is 0.358 e. The fourth-order valence-electron chi connectivity index (χ4n) is 1.38. The van der Waals surface area contributed by atoms with E-state index in [4.69, 9.17) is 0 Å². The molecule has 80 valence electrons. The Morgan fingerprint density at radius 2 is 1.88 bits per heavy atom. The lowest BCUT2D eigenvalue weighted by Crippen LogP contribution is -1.99. The summed E-state index contributed by atoms with van der Waals surface area (Å²) in [6.45, 7) is 0. The molecule has 0 saturated carbocycles. The van der Waals surface area contributed by atoms with Crippen molar-refractivity contribution in [3.05, 3.63) is 59.2 Å². The second-order valence-corrected chi connectivity index (χ2v) is 3.30. The van der Waals surface area contributed by atoms with Crippen LogP contribution in [0.25, 0.3) is 0 Å². The maximum absolute atomic E-state index is 12.6. The van der Waals surface area contributed by atoms with E-state index >= 15 is 0 Å². The van der Waals surface area contributed by atoms with Crippen LogP contribution in [0.3, 0.4) is 0 Å². The zero-order valence-corrected chi connectivity index (χ0v) is 8.24. The van der Waals surface area contributed by atoms with Gasteiger partial charge in [0.1, 0.15) is 5.82 Å². The summed E-state index contributed by atoms with van der Waals surface area (Å²) < 4.78 is 12.6. The minimum atomic E-state index is -0.390. The van der Waals surface area contributed by atoms with Crippen molar-refractivity contribution in [1.82, 2.24) is 4.98 Å². The summed E-state index contributed by atoms with van der Waals surface area (Å²) in [4.78, 5) is 24.9. The molecule has 1 heterocycles. The van der Waals surface area contributed by atoms with Gasteiger partial charge in [0.15, 0.2) is 12.1 Å². The van der Waals surface area contributed by atoms with E-state index in [0.717, 1.165) is 0 Å². The second kappa shape index (κ2) is 4.10. The first-order valence-electron chi connectivity index (χ1n) is 4.64. The van der Waals surface area contributed by atoms with E-state index < -0.39 is 0 Å². The van der Waals surface area contributed by atoms with Crippen LogP contribution in [-0.2, 0) is 0 Å². The molecule has 1 N–H and O–H groups in total. The van der Waals surface area contributed by atoms with Gasteiger partial charge in [0.05, 0.1) is 5.69 Å². The third-order valence-electron chi connectivity index (χ3n) is 2.20. The quantitative estimate of drug-likeness (QED) is 0.632. The highest BCUT2D eigenvalue weighted by atomic mass is 19.1. The highest BCUT2D eigenvalue weighted by Crippen LogP contribution is 2.11. The van der Waals surface area contributed by atoms with E-state index in [1.54, 1.807) is 0 Å². The SMILES string of the molecule is O=Cc1cc(C(=O)c2ccc(F)cc2)c[nH]1. The first kappa shape index (κ1) is 10.3. The summed E-state index contributed by atoms with van der Waals surface area (Å²) in [6.07, 6.45) is 2.08. The molecule has 0 spiro atoms. The number of carbonyl (C=O) groups is 2. The summed E-state index contributed by atoms with van der Waals surface area (Å²) in [6, 6.07) is 6.72. The first-order valence-corrected chi connectivity index (χ1v) is 4.64. The highest BCUT2D eigenvalue weighted by molar-refractivity contribution is 6.09. The van der Waals surface area contributed by atoms with Crippen LogP contribution < -0.4 is 0 Å². The van der Waals surface area contributed by atoms with Gasteiger partial charge in [-0.25, -0.2) is 4.39 Å². The van der Waals surface area contributed by atoms with E-state index in [2.05, 4.69) is 4.98 Å². The number of H-pyrrole nitrogens is 1. The monoisotopic (exact) mass is 217 g/mol. The number of aromatic nitrogens is 1. The predicted octanol–water partition coefficient (Wildman–Crippen LogP) is 2.20. The number of carbonyl (C=O) groups excluding carboxylic acids is 2. The Kier molecular flexibility index (Phi) is 2.64. The number of benzene rings is 1. The fraction of sp³-hybridized carbons (Fsp3) is 0. The lowest BCUT2D eigenvalue weighted by molar-refractivity contribution is 0.103. The lowest BCUT2D eigenvalue weighted by atomic mass is 10.1. The van der Waals surface area contributed by atoms with Gasteiger partial charge in [-0.1, -0.05) is 0 Å². The van der Waals surface area contributed by atoms with E-state index in [0.29, 0.717) is 23.1 Å². The van der Waals surface area contributed by atoms with Gasteiger partial charge in [-0.15, -0.1) is 0 Å². The Hall–Kier alpha value is -2.23. The average Bonchev–Trinajstić information content (AvgIpc) is 2.77. The summed E-state index contributed by atoms with van der Waals surface area (Å²) in [7, 11) is 0. The van der Waals surface area contributed by atoms with Crippen molar-refractivity contribution >= 4 is 12.1 Å². The van der Waals surface area contributed by atoms with E-state index in [-0.39, 0.29) is 11.6 Å². The van der Waals surface area contributed by atoms with Crippen molar-refractivity contribution in [2.75, 3.05) is 0 Å². The van der Waals surface area contributed by atoms with Crippen LogP contribution in [0.4, 0.5) is 4.39 Å². The number of ketones is 1. The molecule has 2 rings (SSSR count). The molecule has 0 saturated heterocycles. The van der Waals surface area contributed by atoms with Crippen molar-refractivity contribution < 1.29 is 14.0 Å². The molecule has 16 heavy (non-hydrogen) atoms. The molecule has 0 unspecified atom stereocenters. The molecule has 0 atom stereocenters. The summed E-state index contributed by atoms with van der Waals surface area (Å²) >= 11 is 0. The molecule has 0 fully saturated rings. The van der Waals surface area contributed by atoms with Gasteiger partial charge in [0, 0.05) is 17.3 Å². The molecule has 4 heteroatoms. The molecular formula is C12H8FNO2. The second-order valence-electron chi connectivity index (χ2n) is 3.30. The number of nitrogens with one attached hydrogen (secondary N) is 1. The van der Waals surface area contributed by atoms with Gasteiger partial charge >= 0.3 is 0 Å². The number of hydrogen-bond acceptors (Lipinski definition) is 2. The molecule has 3 nitrogen and oxygen atoms in total. The van der Waals surface area contributed by atoms with E-state index in [1.807, 2.05) is 0 Å². The van der Waals surface area contributed by atoms with Gasteiger partial charge in [0.25, 0.3) is 0 Å². The Balaban J connectivity index is 2.31. The van der Waals surface area contributed by atoms with Crippen LogP contribution in [0, 0.1) is 5.82 Å². The molecule has 1 aromatic carbocycles. The maximum atomic E-state index is 12.6. The molecule has 0 bridgehead atoms. The topological polar surface area (TPSA) is 49.9 Å². The Labute approximate surface area is 90.9 Å². The smallest absolute Gasteiger partial charge is 0.194 e. The van der Waals surface area contributed by atoms with Crippen LogP contribution >= 0.6 is 0 Å². The van der Waals surface area contributed by atoms with E-state index in [9.17, 15) is 14.0 Å². The van der Waals surface area contributed by atoms with Crippen LogP contribution in [0.1, 0.15) is 26.4 Å². The third-order valence-corrected chi connectivity index (χ3v) is 2.20. The highest BCUT2D eigenvalue weighted by Gasteiger charge is 2.10. The van der Waals surface area contributed by atoms with Crippen molar-refractivity contribution in [3.8, 4) is 0 Å². The lowest BCUT2D eigenvalue weighted by Gasteiger charge is -1.97. The number of aldehydes is 1. The third kappa shape index (κ3) is 1.91. The van der Waals surface area contributed by atoms with Gasteiger partial charge in [-0.05, 0) is 30.3 Å². The molecule has 0 radical (unpaired) electrons. The number of aromatic amines is 1. The van der Waals surface area contributed by atoms with Crippen LogP contribution in [0.2, 0.25) is 0 Å². The molecular weight excluding hydrogens is 209 g/mol. The van der Waals surface area contributed by atoms with Crippen molar-refractivity contribution in [2.45, 2.75) is 0 Å².